The van der Waals surface area contributed by atoms with Gasteiger partial charge in [-0.3, -0.25) is 4.79 Å². The van der Waals surface area contributed by atoms with Crippen LogP contribution in [-0.2, 0) is 9.53 Å². The summed E-state index contributed by atoms with van der Waals surface area (Å²) in [5, 5.41) is 11.9. The van der Waals surface area contributed by atoms with E-state index in [1.807, 2.05) is 6.92 Å². The Labute approximate surface area is 139 Å². The molecule has 1 saturated heterocycles. The highest BCUT2D eigenvalue weighted by Gasteiger charge is 2.40. The molecule has 0 spiro atoms. The van der Waals surface area contributed by atoms with E-state index in [1.165, 1.54) is 18.2 Å². The topological polar surface area (TPSA) is 58.6 Å². The predicted octanol–water partition coefficient (Wildman–Crippen LogP) is 3.82. The van der Waals surface area contributed by atoms with Crippen LogP contribution in [0.4, 0.5) is 18.9 Å². The van der Waals surface area contributed by atoms with Crippen LogP contribution in [0.5, 0.6) is 0 Å². The van der Waals surface area contributed by atoms with Crippen molar-refractivity contribution < 1.29 is 27.8 Å². The number of hydrogen-bond donors (Lipinski definition) is 2. The van der Waals surface area contributed by atoms with Crippen molar-refractivity contribution in [3.8, 4) is 0 Å². The van der Waals surface area contributed by atoms with E-state index in [4.69, 9.17) is 4.74 Å². The molecular formula is C17H22F3NO3. The minimum atomic E-state index is -4.78. The smallest absolute Gasteiger partial charge is 0.379 e. The number of rotatable bonds is 5. The van der Waals surface area contributed by atoms with E-state index < -0.39 is 12.3 Å². The summed E-state index contributed by atoms with van der Waals surface area (Å²) in [6.45, 7) is 2.61. The monoisotopic (exact) mass is 345 g/mol. The number of carbonyl (C=O) groups excluding carboxylic acids is 1. The lowest BCUT2D eigenvalue weighted by molar-refractivity contribution is -0.206. The highest BCUT2D eigenvalue weighted by Crippen LogP contribution is 2.36. The number of halogens is 3. The number of benzene rings is 1. The largest absolute Gasteiger partial charge is 0.418 e. The third-order valence-corrected chi connectivity index (χ3v) is 4.24. The Morgan fingerprint density at radius 3 is 2.79 bits per heavy atom. The summed E-state index contributed by atoms with van der Waals surface area (Å²) in [7, 11) is 0. The van der Waals surface area contributed by atoms with Crippen LogP contribution in [0, 0.1) is 5.92 Å². The van der Waals surface area contributed by atoms with E-state index in [2.05, 4.69) is 5.32 Å². The first-order valence-corrected chi connectivity index (χ1v) is 8.06. The van der Waals surface area contributed by atoms with Gasteiger partial charge in [0.2, 0.25) is 5.91 Å². The summed E-state index contributed by atoms with van der Waals surface area (Å²) < 4.78 is 43.7. The third-order valence-electron chi connectivity index (χ3n) is 4.24. The molecule has 134 valence electrons. The fourth-order valence-corrected chi connectivity index (χ4v) is 2.92. The van der Waals surface area contributed by atoms with Crippen molar-refractivity contribution in [2.24, 2.45) is 5.92 Å². The van der Waals surface area contributed by atoms with Crippen molar-refractivity contribution in [1.82, 2.24) is 0 Å². The second kappa shape index (κ2) is 7.98. The highest BCUT2D eigenvalue weighted by atomic mass is 19.4. The van der Waals surface area contributed by atoms with Gasteiger partial charge in [-0.2, -0.15) is 13.2 Å². The Kier molecular flexibility index (Phi) is 6.23. The Morgan fingerprint density at radius 1 is 1.42 bits per heavy atom. The Bertz CT molecular complexity index is 562. The first kappa shape index (κ1) is 18.7. The fourth-order valence-electron chi connectivity index (χ4n) is 2.92. The normalized spacial score (nSPS) is 22.9. The lowest BCUT2D eigenvalue weighted by Gasteiger charge is -2.28. The summed E-state index contributed by atoms with van der Waals surface area (Å²) in [6, 6.07) is 5.43. The second-order valence-corrected chi connectivity index (χ2v) is 6.08. The van der Waals surface area contributed by atoms with Gasteiger partial charge in [0.15, 0.2) is 6.10 Å². The second-order valence-electron chi connectivity index (χ2n) is 6.08. The van der Waals surface area contributed by atoms with Crippen molar-refractivity contribution in [3.63, 3.8) is 0 Å². The van der Waals surface area contributed by atoms with Gasteiger partial charge in [-0.05, 0) is 31.2 Å². The summed E-state index contributed by atoms with van der Waals surface area (Å²) in [5.74, 6) is -0.193. The SMILES string of the molecule is CC[C@@H]1C[C@H](CC(=O)Nc2ccccc2[C@@H](O)C(F)(F)F)CCO1. The number of ether oxygens (including phenoxy) is 1. The molecule has 0 radical (unpaired) electrons. The molecule has 0 unspecified atom stereocenters. The Balaban J connectivity index is 2.02. The van der Waals surface area contributed by atoms with E-state index >= 15 is 0 Å². The molecular weight excluding hydrogens is 323 g/mol. The summed E-state index contributed by atoms with van der Waals surface area (Å²) in [4.78, 5) is 12.2. The zero-order valence-corrected chi connectivity index (χ0v) is 13.5. The molecule has 2 rings (SSSR count). The zero-order valence-electron chi connectivity index (χ0n) is 13.5. The molecule has 4 nitrogen and oxygen atoms in total. The molecule has 24 heavy (non-hydrogen) atoms. The number of alkyl halides is 3. The Hall–Kier alpha value is -1.60. The average molecular weight is 345 g/mol. The van der Waals surface area contributed by atoms with Gasteiger partial charge in [0.25, 0.3) is 0 Å². The predicted molar refractivity (Wildman–Crippen MR) is 83.5 cm³/mol. The van der Waals surface area contributed by atoms with Gasteiger partial charge in [0, 0.05) is 24.3 Å². The molecule has 0 saturated carbocycles. The molecule has 1 fully saturated rings. The minimum Gasteiger partial charge on any atom is -0.379 e. The number of aliphatic hydroxyl groups is 1. The first-order valence-electron chi connectivity index (χ1n) is 8.06. The molecule has 1 aromatic carbocycles. The van der Waals surface area contributed by atoms with Crippen molar-refractivity contribution in [2.75, 3.05) is 11.9 Å². The first-order chi connectivity index (χ1) is 11.3. The third kappa shape index (κ3) is 4.95. The number of aliphatic hydroxyl groups excluding tert-OH is 1. The molecule has 1 heterocycles. The van der Waals surface area contributed by atoms with Crippen LogP contribution in [0.3, 0.4) is 0 Å². The van der Waals surface area contributed by atoms with Crippen LogP contribution in [0.15, 0.2) is 24.3 Å². The van der Waals surface area contributed by atoms with Crippen LogP contribution in [0.1, 0.15) is 44.3 Å². The summed E-state index contributed by atoms with van der Waals surface area (Å²) in [6.07, 6.45) is -4.63. The van der Waals surface area contributed by atoms with Gasteiger partial charge in [-0.15, -0.1) is 0 Å². The molecule has 0 aliphatic carbocycles. The molecule has 3 atom stereocenters. The van der Waals surface area contributed by atoms with Gasteiger partial charge in [0.05, 0.1) is 6.10 Å². The molecule has 7 heteroatoms. The van der Waals surface area contributed by atoms with Crippen LogP contribution in [-0.4, -0.2) is 29.9 Å². The minimum absolute atomic E-state index is 0.00794. The van der Waals surface area contributed by atoms with Crippen molar-refractivity contribution in [1.29, 1.82) is 0 Å². The standard InChI is InChI=1S/C17H22F3NO3/c1-2-12-9-11(7-8-24-12)10-15(22)21-14-6-4-3-5-13(14)16(23)17(18,19)20/h3-6,11-12,16,23H,2,7-10H2,1H3,(H,21,22)/t11-,12-,16-/m1/s1. The molecule has 1 aromatic rings. The number of para-hydroxylation sites is 1. The van der Waals surface area contributed by atoms with Crippen LogP contribution < -0.4 is 5.32 Å². The average Bonchev–Trinajstić information content (AvgIpc) is 2.54. The number of amides is 1. The van der Waals surface area contributed by atoms with E-state index in [9.17, 15) is 23.1 Å². The maximum atomic E-state index is 12.7. The van der Waals surface area contributed by atoms with E-state index in [0.29, 0.717) is 6.61 Å². The van der Waals surface area contributed by atoms with Gasteiger partial charge in [0.1, 0.15) is 0 Å². The van der Waals surface area contributed by atoms with Crippen LogP contribution in [0.25, 0.3) is 0 Å². The Morgan fingerprint density at radius 2 is 2.12 bits per heavy atom. The maximum absolute atomic E-state index is 12.7. The van der Waals surface area contributed by atoms with Gasteiger partial charge < -0.3 is 15.2 Å². The lowest BCUT2D eigenvalue weighted by Crippen LogP contribution is -2.28. The fraction of sp³-hybridized carbons (Fsp3) is 0.588. The quantitative estimate of drug-likeness (QED) is 0.853. The number of anilines is 1. The number of hydrogen-bond acceptors (Lipinski definition) is 3. The molecule has 1 aliphatic rings. The van der Waals surface area contributed by atoms with E-state index in [-0.39, 0.29) is 35.6 Å². The number of nitrogens with one attached hydrogen (secondary N) is 1. The number of carbonyl (C=O) groups is 1. The summed E-state index contributed by atoms with van der Waals surface area (Å²) >= 11 is 0. The van der Waals surface area contributed by atoms with Crippen molar-refractivity contribution in [3.05, 3.63) is 29.8 Å². The van der Waals surface area contributed by atoms with Gasteiger partial charge in [-0.25, -0.2) is 0 Å². The molecule has 1 amide bonds. The van der Waals surface area contributed by atoms with E-state index in [1.54, 1.807) is 0 Å². The van der Waals surface area contributed by atoms with Crippen molar-refractivity contribution >= 4 is 11.6 Å². The molecule has 2 N–H and O–H groups in total. The zero-order chi connectivity index (χ0) is 17.7. The molecule has 0 bridgehead atoms. The van der Waals surface area contributed by atoms with Crippen LogP contribution >= 0.6 is 0 Å². The van der Waals surface area contributed by atoms with Gasteiger partial charge >= 0.3 is 6.18 Å². The highest BCUT2D eigenvalue weighted by molar-refractivity contribution is 5.91. The summed E-state index contributed by atoms with van der Waals surface area (Å²) in [5.41, 5.74) is -0.358. The van der Waals surface area contributed by atoms with Gasteiger partial charge in [-0.1, -0.05) is 25.1 Å². The van der Waals surface area contributed by atoms with Crippen LogP contribution in [0.2, 0.25) is 0 Å². The molecule has 1 aliphatic heterocycles. The maximum Gasteiger partial charge on any atom is 0.418 e. The van der Waals surface area contributed by atoms with E-state index in [0.717, 1.165) is 25.3 Å². The molecule has 0 aromatic heterocycles. The van der Waals surface area contributed by atoms with Crippen molar-refractivity contribution in [2.45, 2.75) is 51.0 Å². The lowest BCUT2D eigenvalue weighted by atomic mass is 9.91.